The summed E-state index contributed by atoms with van der Waals surface area (Å²) in [5.41, 5.74) is 1.90. The Balaban J connectivity index is 2.00. The maximum absolute atomic E-state index is 12.6. The van der Waals surface area contributed by atoms with Crippen LogP contribution in [0.4, 0.5) is 10.5 Å². The number of phenols is 1. The van der Waals surface area contributed by atoms with Gasteiger partial charge in [0.1, 0.15) is 5.75 Å². The molecule has 0 saturated carbocycles. The Morgan fingerprint density at radius 2 is 1.83 bits per heavy atom. The Labute approximate surface area is 142 Å². The minimum absolute atomic E-state index is 0.0000437. The number of hydrogen-bond donors (Lipinski definition) is 1. The van der Waals surface area contributed by atoms with Crippen molar-refractivity contribution in [2.24, 2.45) is 0 Å². The number of nitrogens with zero attached hydrogens (tertiary/aromatic N) is 1. The lowest BCUT2D eigenvalue weighted by Gasteiger charge is -2.12. The third-order valence-electron chi connectivity index (χ3n) is 3.48. The van der Waals surface area contributed by atoms with E-state index < -0.39 is 5.91 Å². The highest BCUT2D eigenvalue weighted by atomic mass is 35.5. The number of aromatic hydroxyl groups is 1. The number of allylic oxidation sites excluding steroid dienone is 1. The van der Waals surface area contributed by atoms with Gasteiger partial charge in [-0.3, -0.25) is 9.59 Å². The van der Waals surface area contributed by atoms with Crippen molar-refractivity contribution in [3.63, 3.8) is 0 Å². The van der Waals surface area contributed by atoms with Gasteiger partial charge in [0.15, 0.2) is 0 Å². The third kappa shape index (κ3) is 2.98. The normalized spacial score (nSPS) is 16.9. The van der Waals surface area contributed by atoms with E-state index in [1.807, 2.05) is 0 Å². The van der Waals surface area contributed by atoms with Crippen LogP contribution in [-0.2, 0) is 4.79 Å². The molecule has 1 aliphatic heterocycles. The Bertz CT molecular complexity index is 830. The van der Waals surface area contributed by atoms with Gasteiger partial charge in [-0.1, -0.05) is 29.8 Å². The zero-order valence-electron chi connectivity index (χ0n) is 12.1. The van der Waals surface area contributed by atoms with Crippen LogP contribution in [0, 0.1) is 0 Å². The summed E-state index contributed by atoms with van der Waals surface area (Å²) in [6, 6.07) is 13.1. The number of amides is 2. The summed E-state index contributed by atoms with van der Waals surface area (Å²) < 4.78 is 0. The van der Waals surface area contributed by atoms with E-state index in [-0.39, 0.29) is 11.0 Å². The van der Waals surface area contributed by atoms with Gasteiger partial charge in [-0.2, -0.15) is 0 Å². The quantitative estimate of drug-likeness (QED) is 0.803. The standard InChI is InChI=1S/C17H12ClNO3S/c1-10(11-5-7-12(18)8-6-11)15-16(21)19(17(22)23-15)13-3-2-4-14(20)9-13/h2-9,20H,1H3/b15-10+. The van der Waals surface area contributed by atoms with Crippen molar-refractivity contribution < 1.29 is 14.7 Å². The molecule has 0 radical (unpaired) electrons. The van der Waals surface area contributed by atoms with Gasteiger partial charge in [0, 0.05) is 11.1 Å². The molecule has 1 fully saturated rings. The molecule has 4 nitrogen and oxygen atoms in total. The minimum Gasteiger partial charge on any atom is -0.508 e. The SMILES string of the molecule is C/C(=C1\SC(=O)N(c2cccc(O)c2)C1=O)c1ccc(Cl)cc1. The lowest BCUT2D eigenvalue weighted by molar-refractivity contribution is -0.113. The van der Waals surface area contributed by atoms with Gasteiger partial charge in [0.2, 0.25) is 0 Å². The maximum atomic E-state index is 12.6. The molecular formula is C17H12ClNO3S. The molecule has 2 amide bonds. The maximum Gasteiger partial charge on any atom is 0.298 e. The van der Waals surface area contributed by atoms with Crippen LogP contribution in [0.2, 0.25) is 5.02 Å². The second-order valence-electron chi connectivity index (χ2n) is 4.99. The van der Waals surface area contributed by atoms with Gasteiger partial charge < -0.3 is 5.11 Å². The molecule has 0 aliphatic carbocycles. The number of hydrogen-bond acceptors (Lipinski definition) is 4. The van der Waals surface area contributed by atoms with Crippen molar-refractivity contribution in [2.45, 2.75) is 6.92 Å². The molecule has 116 valence electrons. The highest BCUT2D eigenvalue weighted by Gasteiger charge is 2.37. The Morgan fingerprint density at radius 3 is 2.48 bits per heavy atom. The zero-order valence-corrected chi connectivity index (χ0v) is 13.7. The number of benzene rings is 2. The van der Waals surface area contributed by atoms with Crippen LogP contribution in [0.3, 0.4) is 0 Å². The number of halogens is 1. The van der Waals surface area contributed by atoms with Crippen LogP contribution in [0.5, 0.6) is 5.75 Å². The Hall–Kier alpha value is -2.24. The van der Waals surface area contributed by atoms with Crippen LogP contribution in [0.25, 0.3) is 5.57 Å². The molecule has 0 bridgehead atoms. The smallest absolute Gasteiger partial charge is 0.298 e. The zero-order chi connectivity index (χ0) is 16.6. The summed E-state index contributed by atoms with van der Waals surface area (Å²) in [5, 5.41) is 9.77. The van der Waals surface area contributed by atoms with Gasteiger partial charge in [-0.25, -0.2) is 4.90 Å². The van der Waals surface area contributed by atoms with Crippen LogP contribution in [0.15, 0.2) is 53.4 Å². The first-order valence-corrected chi connectivity index (χ1v) is 7.99. The molecule has 0 unspecified atom stereocenters. The van der Waals surface area contributed by atoms with Crippen molar-refractivity contribution in [1.82, 2.24) is 0 Å². The van der Waals surface area contributed by atoms with E-state index in [0.717, 1.165) is 22.2 Å². The van der Waals surface area contributed by atoms with Crippen LogP contribution in [0.1, 0.15) is 12.5 Å². The number of thioether (sulfide) groups is 1. The number of carbonyl (C=O) groups is 2. The summed E-state index contributed by atoms with van der Waals surface area (Å²) in [6.07, 6.45) is 0. The van der Waals surface area contributed by atoms with Crippen molar-refractivity contribution >= 4 is 45.8 Å². The fourth-order valence-corrected chi connectivity index (χ4v) is 3.31. The van der Waals surface area contributed by atoms with E-state index in [2.05, 4.69) is 0 Å². The van der Waals surface area contributed by atoms with Gasteiger partial charge >= 0.3 is 0 Å². The molecule has 1 heterocycles. The van der Waals surface area contributed by atoms with E-state index in [4.69, 9.17) is 11.6 Å². The summed E-state index contributed by atoms with van der Waals surface area (Å²) in [4.78, 5) is 26.3. The number of imide groups is 1. The molecule has 0 atom stereocenters. The molecule has 1 aliphatic rings. The van der Waals surface area contributed by atoms with E-state index in [1.165, 1.54) is 12.1 Å². The van der Waals surface area contributed by atoms with Crippen molar-refractivity contribution in [3.8, 4) is 5.75 Å². The average Bonchev–Trinajstić information content (AvgIpc) is 2.82. The van der Waals surface area contributed by atoms with E-state index in [9.17, 15) is 14.7 Å². The fraction of sp³-hybridized carbons (Fsp3) is 0.0588. The molecule has 2 aromatic rings. The van der Waals surface area contributed by atoms with Crippen molar-refractivity contribution in [3.05, 3.63) is 64.0 Å². The van der Waals surface area contributed by atoms with Crippen LogP contribution < -0.4 is 4.90 Å². The monoisotopic (exact) mass is 345 g/mol. The molecule has 2 aromatic carbocycles. The first-order chi connectivity index (χ1) is 11.0. The van der Waals surface area contributed by atoms with Gasteiger partial charge in [-0.15, -0.1) is 0 Å². The second kappa shape index (κ2) is 6.10. The molecule has 6 heteroatoms. The molecule has 3 rings (SSSR count). The number of rotatable bonds is 2. The summed E-state index contributed by atoms with van der Waals surface area (Å²) >= 11 is 6.76. The average molecular weight is 346 g/mol. The summed E-state index contributed by atoms with van der Waals surface area (Å²) in [6.45, 7) is 1.79. The Morgan fingerprint density at radius 1 is 1.13 bits per heavy atom. The first-order valence-electron chi connectivity index (χ1n) is 6.79. The molecule has 0 aromatic heterocycles. The lowest BCUT2D eigenvalue weighted by atomic mass is 10.1. The molecule has 1 N–H and O–H groups in total. The van der Waals surface area contributed by atoms with Gasteiger partial charge in [0.05, 0.1) is 10.6 Å². The summed E-state index contributed by atoms with van der Waals surface area (Å²) in [5.74, 6) is -0.391. The first kappa shape index (κ1) is 15.6. The third-order valence-corrected chi connectivity index (χ3v) is 4.77. The number of phenolic OH excluding ortho intramolecular Hbond substituents is 1. The van der Waals surface area contributed by atoms with Crippen molar-refractivity contribution in [2.75, 3.05) is 4.90 Å². The lowest BCUT2D eigenvalue weighted by Crippen LogP contribution is -2.27. The molecule has 0 spiro atoms. The van der Waals surface area contributed by atoms with Crippen molar-refractivity contribution in [1.29, 1.82) is 0 Å². The molecular weight excluding hydrogens is 334 g/mol. The predicted molar refractivity (Wildman–Crippen MR) is 92.6 cm³/mol. The molecule has 23 heavy (non-hydrogen) atoms. The fourth-order valence-electron chi connectivity index (χ4n) is 2.28. The van der Waals surface area contributed by atoms with Crippen LogP contribution in [-0.4, -0.2) is 16.3 Å². The minimum atomic E-state index is -0.391. The highest BCUT2D eigenvalue weighted by Crippen LogP contribution is 2.39. The van der Waals surface area contributed by atoms with E-state index in [0.29, 0.717) is 21.2 Å². The van der Waals surface area contributed by atoms with E-state index >= 15 is 0 Å². The van der Waals surface area contributed by atoms with Gasteiger partial charge in [0.25, 0.3) is 11.1 Å². The highest BCUT2D eigenvalue weighted by molar-refractivity contribution is 8.19. The Kier molecular flexibility index (Phi) is 4.15. The van der Waals surface area contributed by atoms with Gasteiger partial charge in [-0.05, 0) is 54.1 Å². The predicted octanol–water partition coefficient (Wildman–Crippen LogP) is 4.68. The van der Waals surface area contributed by atoms with E-state index in [1.54, 1.807) is 43.3 Å². The topological polar surface area (TPSA) is 57.6 Å². The second-order valence-corrected chi connectivity index (χ2v) is 6.39. The van der Waals surface area contributed by atoms with Crippen LogP contribution >= 0.6 is 23.4 Å². The number of carbonyl (C=O) groups excluding carboxylic acids is 2. The number of anilines is 1. The largest absolute Gasteiger partial charge is 0.508 e. The molecule has 1 saturated heterocycles. The summed E-state index contributed by atoms with van der Waals surface area (Å²) in [7, 11) is 0.